The first-order valence-corrected chi connectivity index (χ1v) is 8.55. The third-order valence-corrected chi connectivity index (χ3v) is 4.04. The second-order valence-corrected chi connectivity index (χ2v) is 5.93. The van der Waals surface area contributed by atoms with E-state index in [0.29, 0.717) is 47.6 Å². The van der Waals surface area contributed by atoms with Crippen LogP contribution in [0.2, 0.25) is 0 Å². The molecule has 1 unspecified atom stereocenters. The van der Waals surface area contributed by atoms with Gasteiger partial charge < -0.3 is 33.7 Å². The summed E-state index contributed by atoms with van der Waals surface area (Å²) < 4.78 is 32.3. The van der Waals surface area contributed by atoms with Gasteiger partial charge in [-0.25, -0.2) is 0 Å². The third-order valence-electron chi connectivity index (χ3n) is 4.04. The maximum Gasteiger partial charge on any atom is 0.260 e. The Morgan fingerprint density at radius 3 is 2.26 bits per heavy atom. The van der Waals surface area contributed by atoms with Crippen molar-refractivity contribution >= 4 is 5.91 Å². The van der Waals surface area contributed by atoms with Crippen molar-refractivity contribution in [2.75, 3.05) is 26.7 Å². The van der Waals surface area contributed by atoms with Crippen LogP contribution in [0, 0.1) is 0 Å². The van der Waals surface area contributed by atoms with E-state index < -0.39 is 6.10 Å². The molecule has 0 aromatic heterocycles. The summed E-state index contributed by atoms with van der Waals surface area (Å²) in [6, 6.07) is 10.5. The molecule has 1 atom stereocenters. The maximum absolute atomic E-state index is 12.2. The van der Waals surface area contributed by atoms with Crippen LogP contribution in [-0.4, -0.2) is 38.7 Å². The number of rotatable bonds is 7. The van der Waals surface area contributed by atoms with Gasteiger partial charge in [0, 0.05) is 12.1 Å². The smallest absolute Gasteiger partial charge is 0.260 e. The lowest BCUT2D eigenvalue weighted by Crippen LogP contribution is -2.38. The summed E-state index contributed by atoms with van der Waals surface area (Å²) in [5.74, 6) is 3.59. The van der Waals surface area contributed by atoms with Gasteiger partial charge in [0.15, 0.2) is 29.1 Å². The lowest BCUT2D eigenvalue weighted by Gasteiger charge is -2.15. The molecule has 0 saturated carbocycles. The Bertz CT molecular complexity index is 839. The van der Waals surface area contributed by atoms with Crippen molar-refractivity contribution in [2.24, 2.45) is 0 Å². The summed E-state index contributed by atoms with van der Waals surface area (Å²) in [5.41, 5.74) is 0. The molecule has 2 aliphatic rings. The fourth-order valence-electron chi connectivity index (χ4n) is 2.66. The van der Waals surface area contributed by atoms with E-state index in [0.717, 1.165) is 0 Å². The van der Waals surface area contributed by atoms with Crippen molar-refractivity contribution in [3.05, 3.63) is 36.4 Å². The predicted octanol–water partition coefficient (Wildman–Crippen LogP) is 2.11. The SMILES string of the molecule is CC(Oc1ccc2c(c1)OCO2)C(=O)NCCOc1ccc2c(c1)OCO2. The van der Waals surface area contributed by atoms with Gasteiger partial charge in [-0.05, 0) is 31.2 Å². The van der Waals surface area contributed by atoms with Crippen molar-refractivity contribution in [3.8, 4) is 34.5 Å². The summed E-state index contributed by atoms with van der Waals surface area (Å²) >= 11 is 0. The van der Waals surface area contributed by atoms with Gasteiger partial charge in [0.25, 0.3) is 5.91 Å². The van der Waals surface area contributed by atoms with Crippen molar-refractivity contribution in [1.29, 1.82) is 0 Å². The molecule has 1 N–H and O–H groups in total. The Morgan fingerprint density at radius 2 is 1.56 bits per heavy atom. The van der Waals surface area contributed by atoms with Gasteiger partial charge in [0.1, 0.15) is 18.1 Å². The first-order valence-electron chi connectivity index (χ1n) is 8.55. The molecule has 0 saturated heterocycles. The van der Waals surface area contributed by atoms with E-state index >= 15 is 0 Å². The Morgan fingerprint density at radius 1 is 0.963 bits per heavy atom. The molecule has 2 aromatic rings. The molecular weight excluding hydrogens is 354 g/mol. The Kier molecular flexibility index (Phi) is 4.78. The van der Waals surface area contributed by atoms with Gasteiger partial charge in [-0.1, -0.05) is 0 Å². The fourth-order valence-corrected chi connectivity index (χ4v) is 2.66. The van der Waals surface area contributed by atoms with Crippen LogP contribution < -0.4 is 33.7 Å². The molecule has 0 aliphatic carbocycles. The summed E-state index contributed by atoms with van der Waals surface area (Å²) in [6.45, 7) is 2.76. The van der Waals surface area contributed by atoms with E-state index in [9.17, 15) is 4.79 Å². The summed E-state index contributed by atoms with van der Waals surface area (Å²) in [6.07, 6.45) is -0.657. The Balaban J connectivity index is 1.21. The first kappa shape index (κ1) is 17.1. The molecule has 142 valence electrons. The molecule has 0 bridgehead atoms. The van der Waals surface area contributed by atoms with Gasteiger partial charge >= 0.3 is 0 Å². The van der Waals surface area contributed by atoms with Crippen LogP contribution in [0.15, 0.2) is 36.4 Å². The molecule has 1 amide bonds. The minimum absolute atomic E-state index is 0.193. The summed E-state index contributed by atoms with van der Waals surface area (Å²) in [4.78, 5) is 12.2. The average molecular weight is 373 g/mol. The number of hydrogen-bond acceptors (Lipinski definition) is 7. The lowest BCUT2D eigenvalue weighted by atomic mass is 10.3. The summed E-state index contributed by atoms with van der Waals surface area (Å²) in [5, 5.41) is 2.78. The molecule has 0 radical (unpaired) electrons. The average Bonchev–Trinajstić information content (AvgIpc) is 3.33. The third kappa shape index (κ3) is 3.94. The highest BCUT2D eigenvalue weighted by molar-refractivity contribution is 5.80. The molecule has 4 rings (SSSR count). The van der Waals surface area contributed by atoms with Gasteiger partial charge in [-0.2, -0.15) is 0 Å². The maximum atomic E-state index is 12.2. The fraction of sp³-hybridized carbons (Fsp3) is 0.316. The van der Waals surface area contributed by atoms with E-state index in [-0.39, 0.29) is 19.5 Å². The van der Waals surface area contributed by atoms with Crippen molar-refractivity contribution in [3.63, 3.8) is 0 Å². The molecule has 0 spiro atoms. The Labute approximate surface area is 155 Å². The zero-order chi connectivity index (χ0) is 18.6. The Hall–Kier alpha value is -3.29. The van der Waals surface area contributed by atoms with Crippen molar-refractivity contribution in [2.45, 2.75) is 13.0 Å². The molecule has 0 fully saturated rings. The second-order valence-electron chi connectivity index (χ2n) is 5.93. The highest BCUT2D eigenvalue weighted by Gasteiger charge is 2.18. The van der Waals surface area contributed by atoms with E-state index in [2.05, 4.69) is 5.32 Å². The van der Waals surface area contributed by atoms with E-state index in [4.69, 9.17) is 28.4 Å². The van der Waals surface area contributed by atoms with Crippen molar-refractivity contribution in [1.82, 2.24) is 5.32 Å². The van der Waals surface area contributed by atoms with Crippen LogP contribution in [-0.2, 0) is 4.79 Å². The quantitative estimate of drug-likeness (QED) is 0.744. The molecular formula is C19H19NO7. The molecule has 8 heteroatoms. The van der Waals surface area contributed by atoms with Crippen LogP contribution in [0.25, 0.3) is 0 Å². The monoisotopic (exact) mass is 373 g/mol. The zero-order valence-corrected chi connectivity index (χ0v) is 14.7. The van der Waals surface area contributed by atoms with Gasteiger partial charge in [0.2, 0.25) is 13.6 Å². The van der Waals surface area contributed by atoms with E-state index in [1.54, 1.807) is 43.3 Å². The van der Waals surface area contributed by atoms with Gasteiger partial charge in [-0.3, -0.25) is 4.79 Å². The topological polar surface area (TPSA) is 84.5 Å². The molecule has 2 aliphatic heterocycles. The highest BCUT2D eigenvalue weighted by atomic mass is 16.7. The standard InChI is InChI=1S/C19H19NO7/c1-12(27-14-3-5-16-18(9-14)26-11-24-16)19(21)20-6-7-22-13-2-4-15-17(8-13)25-10-23-15/h2-5,8-9,12H,6-7,10-11H2,1H3,(H,20,21). The molecule has 27 heavy (non-hydrogen) atoms. The number of ether oxygens (including phenoxy) is 6. The zero-order valence-electron chi connectivity index (χ0n) is 14.7. The van der Waals surface area contributed by atoms with Crippen LogP contribution in [0.1, 0.15) is 6.92 Å². The minimum atomic E-state index is -0.657. The van der Waals surface area contributed by atoms with Crippen LogP contribution in [0.5, 0.6) is 34.5 Å². The predicted molar refractivity (Wildman–Crippen MR) is 93.7 cm³/mol. The van der Waals surface area contributed by atoms with Crippen molar-refractivity contribution < 1.29 is 33.2 Å². The van der Waals surface area contributed by atoms with Gasteiger partial charge in [-0.15, -0.1) is 0 Å². The number of nitrogens with one attached hydrogen (secondary N) is 1. The molecule has 2 heterocycles. The second kappa shape index (κ2) is 7.53. The van der Waals surface area contributed by atoms with Crippen LogP contribution in [0.3, 0.4) is 0 Å². The highest BCUT2D eigenvalue weighted by Crippen LogP contribution is 2.36. The van der Waals surface area contributed by atoms with Crippen LogP contribution >= 0.6 is 0 Å². The minimum Gasteiger partial charge on any atom is -0.492 e. The summed E-state index contributed by atoms with van der Waals surface area (Å²) in [7, 11) is 0. The number of carbonyl (C=O) groups excluding carboxylic acids is 1. The number of carbonyl (C=O) groups is 1. The first-order chi connectivity index (χ1) is 13.2. The lowest BCUT2D eigenvalue weighted by molar-refractivity contribution is -0.127. The van der Waals surface area contributed by atoms with Crippen LogP contribution in [0.4, 0.5) is 0 Å². The molecule has 8 nitrogen and oxygen atoms in total. The normalized spacial score (nSPS) is 14.6. The number of hydrogen-bond donors (Lipinski definition) is 1. The number of benzene rings is 2. The van der Waals surface area contributed by atoms with E-state index in [1.807, 2.05) is 0 Å². The number of amides is 1. The number of fused-ring (bicyclic) bond motifs is 2. The van der Waals surface area contributed by atoms with E-state index in [1.165, 1.54) is 0 Å². The molecule has 2 aromatic carbocycles. The largest absolute Gasteiger partial charge is 0.492 e. The van der Waals surface area contributed by atoms with Gasteiger partial charge in [0.05, 0.1) is 6.54 Å².